The smallest absolute Gasteiger partial charge is 0.258 e. The van der Waals surface area contributed by atoms with E-state index >= 15 is 0 Å². The molecule has 1 amide bonds. The molecule has 0 fully saturated rings. The molecule has 1 unspecified atom stereocenters. The van der Waals surface area contributed by atoms with E-state index in [9.17, 15) is 13.6 Å². The van der Waals surface area contributed by atoms with Crippen LogP contribution in [0.5, 0.6) is 5.75 Å². The van der Waals surface area contributed by atoms with Crippen LogP contribution in [0.15, 0.2) is 48.5 Å². The number of benzene rings is 2. The molecule has 0 aliphatic rings. The lowest BCUT2D eigenvalue weighted by Gasteiger charge is -2.18. The Labute approximate surface area is 132 Å². The maximum atomic E-state index is 13.4. The van der Waals surface area contributed by atoms with Crippen molar-refractivity contribution in [2.24, 2.45) is 0 Å². The first-order valence-corrected chi connectivity index (χ1v) is 7.13. The molecule has 0 bridgehead atoms. The number of aliphatic hydroxyl groups is 1. The topological polar surface area (TPSA) is 58.6 Å². The average Bonchev–Trinajstić information content (AvgIpc) is 2.54. The summed E-state index contributed by atoms with van der Waals surface area (Å²) in [5.41, 5.74) is 0.850. The Morgan fingerprint density at radius 3 is 2.57 bits per heavy atom. The lowest BCUT2D eigenvalue weighted by molar-refractivity contribution is -0.124. The normalized spacial score (nSPS) is 11.8. The van der Waals surface area contributed by atoms with Crippen LogP contribution >= 0.6 is 0 Å². The molecule has 2 rings (SSSR count). The number of carbonyl (C=O) groups excluding carboxylic acids is 1. The van der Waals surface area contributed by atoms with E-state index in [1.165, 1.54) is 0 Å². The lowest BCUT2D eigenvalue weighted by Crippen LogP contribution is -2.33. The van der Waals surface area contributed by atoms with Gasteiger partial charge in [0, 0.05) is 12.7 Å². The fraction of sp³-hybridized carbons (Fsp3) is 0.235. The first-order valence-electron chi connectivity index (χ1n) is 7.13. The minimum absolute atomic E-state index is 0.0900. The van der Waals surface area contributed by atoms with Crippen LogP contribution in [0.4, 0.5) is 8.78 Å². The summed E-state index contributed by atoms with van der Waals surface area (Å²) in [6.07, 6.45) is 0.348. The fourth-order valence-corrected chi connectivity index (χ4v) is 2.11. The maximum absolute atomic E-state index is 13.4. The Balaban J connectivity index is 1.94. The number of rotatable bonds is 7. The summed E-state index contributed by atoms with van der Waals surface area (Å²) in [5.74, 6) is -2.24. The van der Waals surface area contributed by atoms with Crippen molar-refractivity contribution in [2.45, 2.75) is 12.5 Å². The van der Waals surface area contributed by atoms with Crippen LogP contribution in [0.2, 0.25) is 0 Å². The number of amides is 1. The van der Waals surface area contributed by atoms with Gasteiger partial charge < -0.3 is 15.2 Å². The van der Waals surface area contributed by atoms with E-state index in [0.717, 1.165) is 17.7 Å². The number of halogens is 2. The van der Waals surface area contributed by atoms with E-state index in [1.807, 2.05) is 30.3 Å². The van der Waals surface area contributed by atoms with Crippen molar-refractivity contribution < 1.29 is 23.4 Å². The van der Waals surface area contributed by atoms with E-state index in [2.05, 4.69) is 5.32 Å². The minimum Gasteiger partial charge on any atom is -0.481 e. The molecule has 0 saturated carbocycles. The van der Waals surface area contributed by atoms with Gasteiger partial charge in [-0.1, -0.05) is 30.3 Å². The van der Waals surface area contributed by atoms with Gasteiger partial charge >= 0.3 is 0 Å². The van der Waals surface area contributed by atoms with Gasteiger partial charge in [0.1, 0.15) is 5.82 Å². The van der Waals surface area contributed by atoms with Crippen molar-refractivity contribution in [2.75, 3.05) is 13.2 Å². The zero-order valence-corrected chi connectivity index (χ0v) is 12.3. The molecule has 2 aromatic carbocycles. The van der Waals surface area contributed by atoms with Crippen molar-refractivity contribution in [3.8, 4) is 5.75 Å². The molecule has 122 valence electrons. The molecule has 4 nitrogen and oxygen atoms in total. The molecule has 2 aromatic rings. The quantitative estimate of drug-likeness (QED) is 0.824. The van der Waals surface area contributed by atoms with Gasteiger partial charge in [0.25, 0.3) is 5.91 Å². The van der Waals surface area contributed by atoms with Gasteiger partial charge in [-0.3, -0.25) is 4.79 Å². The molecule has 0 aliphatic heterocycles. The molecule has 0 aliphatic carbocycles. The molecule has 0 aromatic heterocycles. The third-order valence-electron chi connectivity index (χ3n) is 3.21. The summed E-state index contributed by atoms with van der Waals surface area (Å²) in [4.78, 5) is 11.9. The van der Waals surface area contributed by atoms with Crippen LogP contribution < -0.4 is 10.1 Å². The summed E-state index contributed by atoms with van der Waals surface area (Å²) in [6.45, 7) is -0.495. The zero-order valence-electron chi connectivity index (χ0n) is 12.3. The molecule has 0 spiro atoms. The van der Waals surface area contributed by atoms with Crippen LogP contribution in [-0.2, 0) is 4.79 Å². The summed E-state index contributed by atoms with van der Waals surface area (Å²) in [7, 11) is 0. The van der Waals surface area contributed by atoms with Crippen molar-refractivity contribution in [1.29, 1.82) is 0 Å². The number of carbonyl (C=O) groups is 1. The van der Waals surface area contributed by atoms with Gasteiger partial charge in [0.2, 0.25) is 0 Å². The zero-order chi connectivity index (χ0) is 16.7. The molecule has 0 heterocycles. The highest BCUT2D eigenvalue weighted by Crippen LogP contribution is 2.18. The summed E-state index contributed by atoms with van der Waals surface area (Å²) >= 11 is 0. The van der Waals surface area contributed by atoms with Gasteiger partial charge in [0.05, 0.1) is 6.04 Å². The Bertz CT molecular complexity index is 650. The second-order valence-electron chi connectivity index (χ2n) is 4.91. The molecular weight excluding hydrogens is 304 g/mol. The Morgan fingerprint density at radius 2 is 1.91 bits per heavy atom. The van der Waals surface area contributed by atoms with Crippen molar-refractivity contribution in [3.05, 3.63) is 65.7 Å². The molecular formula is C17H17F2NO3. The van der Waals surface area contributed by atoms with E-state index in [0.29, 0.717) is 12.5 Å². The second kappa shape index (κ2) is 8.24. The van der Waals surface area contributed by atoms with Gasteiger partial charge in [-0.2, -0.15) is 0 Å². The van der Waals surface area contributed by atoms with Gasteiger partial charge in [-0.05, 0) is 24.1 Å². The van der Waals surface area contributed by atoms with Gasteiger partial charge in [-0.15, -0.1) is 0 Å². The third-order valence-corrected chi connectivity index (χ3v) is 3.21. The average molecular weight is 321 g/mol. The summed E-state index contributed by atoms with van der Waals surface area (Å²) < 4.78 is 31.3. The highest BCUT2D eigenvalue weighted by atomic mass is 19.1. The van der Waals surface area contributed by atoms with Crippen molar-refractivity contribution >= 4 is 5.91 Å². The Morgan fingerprint density at radius 1 is 1.17 bits per heavy atom. The summed E-state index contributed by atoms with van der Waals surface area (Å²) in [5, 5.41) is 11.8. The van der Waals surface area contributed by atoms with Crippen LogP contribution in [0.1, 0.15) is 18.0 Å². The van der Waals surface area contributed by atoms with E-state index in [4.69, 9.17) is 9.84 Å². The number of ether oxygens (including phenoxy) is 1. The first kappa shape index (κ1) is 16.9. The highest BCUT2D eigenvalue weighted by Gasteiger charge is 2.15. The van der Waals surface area contributed by atoms with Crippen molar-refractivity contribution in [1.82, 2.24) is 5.32 Å². The number of nitrogens with one attached hydrogen (secondary N) is 1. The number of hydrogen-bond donors (Lipinski definition) is 2. The van der Waals surface area contributed by atoms with Gasteiger partial charge in [0.15, 0.2) is 18.2 Å². The van der Waals surface area contributed by atoms with Crippen LogP contribution in [0.25, 0.3) is 0 Å². The second-order valence-corrected chi connectivity index (χ2v) is 4.91. The molecule has 2 N–H and O–H groups in total. The lowest BCUT2D eigenvalue weighted by atomic mass is 10.0. The monoisotopic (exact) mass is 321 g/mol. The molecule has 6 heteroatoms. The number of aliphatic hydroxyl groups excluding tert-OH is 1. The fourth-order valence-electron chi connectivity index (χ4n) is 2.11. The Hall–Kier alpha value is -2.47. The molecule has 1 atom stereocenters. The van der Waals surface area contributed by atoms with Crippen molar-refractivity contribution in [3.63, 3.8) is 0 Å². The van der Waals surface area contributed by atoms with E-state index < -0.39 is 24.1 Å². The third kappa shape index (κ3) is 5.03. The van der Waals surface area contributed by atoms with Crippen LogP contribution in [0, 0.1) is 11.6 Å². The SMILES string of the molecule is O=C(COc1ccc(F)cc1F)NC(CCO)c1ccccc1. The minimum atomic E-state index is -0.868. The number of hydrogen-bond acceptors (Lipinski definition) is 3. The van der Waals surface area contributed by atoms with Crippen LogP contribution in [-0.4, -0.2) is 24.2 Å². The predicted molar refractivity (Wildman–Crippen MR) is 80.9 cm³/mol. The standard InChI is InChI=1S/C17H17F2NO3/c18-13-6-7-16(14(19)10-13)23-11-17(22)20-15(8-9-21)12-4-2-1-3-5-12/h1-7,10,15,21H,8-9,11H2,(H,20,22). The molecule has 0 radical (unpaired) electrons. The summed E-state index contributed by atoms with van der Waals surface area (Å²) in [6, 6.07) is 11.7. The highest BCUT2D eigenvalue weighted by molar-refractivity contribution is 5.78. The maximum Gasteiger partial charge on any atom is 0.258 e. The first-order chi connectivity index (χ1) is 11.1. The Kier molecular flexibility index (Phi) is 6.05. The van der Waals surface area contributed by atoms with E-state index in [1.54, 1.807) is 0 Å². The molecule has 0 saturated heterocycles. The molecule has 23 heavy (non-hydrogen) atoms. The van der Waals surface area contributed by atoms with Gasteiger partial charge in [-0.25, -0.2) is 8.78 Å². The van der Waals surface area contributed by atoms with E-state index in [-0.39, 0.29) is 18.4 Å². The largest absolute Gasteiger partial charge is 0.481 e. The van der Waals surface area contributed by atoms with Crippen LogP contribution in [0.3, 0.4) is 0 Å². The predicted octanol–water partition coefficient (Wildman–Crippen LogP) is 2.58.